The van der Waals surface area contributed by atoms with E-state index in [9.17, 15) is 79.4 Å². The van der Waals surface area contributed by atoms with Crippen molar-refractivity contribution < 1.29 is 136 Å². The molecule has 35 unspecified atom stereocenters. The van der Waals surface area contributed by atoms with Crippen LogP contribution in [0.2, 0.25) is 0 Å². The summed E-state index contributed by atoms with van der Waals surface area (Å²) in [6.07, 6.45) is -35.9. The molecule has 29 heteroatoms. The van der Waals surface area contributed by atoms with Crippen molar-refractivity contribution in [2.75, 3.05) is 19.8 Å². The SMILES string of the molecule is CC(C)C(C)C1OC1C(C)(O)C1CCC2C3CC(OC4OC(C)C(O)C(OC5OCC(OC6OC(CO)C(O)C(O)C6OC6OCC(O)C(O)C6O)C(O)C5OC5OC(C)C(O)C(O)C5O)C4O)C4CC(OS(=O)(=O)O)CCC4(C)C3=CCC21C. The fourth-order valence-electron chi connectivity index (χ4n) is 16.0. The van der Waals surface area contributed by atoms with Gasteiger partial charge in [-0.15, -0.1) is 0 Å². The van der Waals surface area contributed by atoms with E-state index in [2.05, 4.69) is 40.7 Å². The van der Waals surface area contributed by atoms with Crippen molar-refractivity contribution in [1.29, 1.82) is 0 Å². The highest BCUT2D eigenvalue weighted by Gasteiger charge is 2.67. The van der Waals surface area contributed by atoms with Crippen LogP contribution >= 0.6 is 0 Å². The van der Waals surface area contributed by atoms with Gasteiger partial charge in [-0.2, -0.15) is 8.42 Å². The molecule has 14 N–H and O–H groups in total. The summed E-state index contributed by atoms with van der Waals surface area (Å²) in [5, 5.41) is 145. The second kappa shape index (κ2) is 25.3. The van der Waals surface area contributed by atoms with Gasteiger partial charge in [-0.3, -0.25) is 4.55 Å². The van der Waals surface area contributed by atoms with Crippen LogP contribution in [0.4, 0.5) is 0 Å². The van der Waals surface area contributed by atoms with Gasteiger partial charge >= 0.3 is 10.4 Å². The summed E-state index contributed by atoms with van der Waals surface area (Å²) in [6.45, 7) is 13.5. The molecular weight excluding hydrogens is 1150 g/mol. The average Bonchev–Trinajstić information content (AvgIpc) is 1.67. The number of hydrogen-bond acceptors (Lipinski definition) is 27. The predicted octanol–water partition coefficient (Wildman–Crippen LogP) is -3.01. The molecule has 6 heterocycles. The fourth-order valence-corrected chi connectivity index (χ4v) is 16.5. The van der Waals surface area contributed by atoms with E-state index < -0.39 is 201 Å². The highest BCUT2D eigenvalue weighted by atomic mass is 32.3. The third-order valence-corrected chi connectivity index (χ3v) is 21.9. The quantitative estimate of drug-likeness (QED) is 0.0392. The van der Waals surface area contributed by atoms with Crippen molar-refractivity contribution in [2.45, 2.75) is 272 Å². The molecule has 4 aliphatic carbocycles. The van der Waals surface area contributed by atoms with Crippen LogP contribution in [0.1, 0.15) is 100 Å². The molecule has 6 saturated heterocycles. The molecule has 9 fully saturated rings. The maximum absolute atomic E-state index is 12.5. The van der Waals surface area contributed by atoms with E-state index in [1.54, 1.807) is 0 Å². The van der Waals surface area contributed by atoms with E-state index in [0.717, 1.165) is 12.8 Å². The molecule has 6 aliphatic heterocycles. The van der Waals surface area contributed by atoms with Crippen LogP contribution in [0.25, 0.3) is 0 Å². The highest BCUT2D eigenvalue weighted by molar-refractivity contribution is 7.80. The molecule has 28 nitrogen and oxygen atoms in total. The van der Waals surface area contributed by atoms with E-state index in [0.29, 0.717) is 25.2 Å². The number of fused-ring (bicyclic) bond motifs is 5. The van der Waals surface area contributed by atoms with Crippen molar-refractivity contribution in [2.24, 2.45) is 46.3 Å². The highest BCUT2D eigenvalue weighted by Crippen LogP contribution is 2.68. The van der Waals surface area contributed by atoms with E-state index in [1.807, 2.05) is 6.92 Å². The fraction of sp³-hybridized carbons (Fsp3) is 0.964. The number of epoxide rings is 1. The van der Waals surface area contributed by atoms with E-state index in [4.69, 9.17) is 56.3 Å². The molecule has 490 valence electrons. The van der Waals surface area contributed by atoms with E-state index in [-0.39, 0.29) is 54.1 Å². The summed E-state index contributed by atoms with van der Waals surface area (Å²) in [5.74, 6) is -0.0416. The predicted molar refractivity (Wildman–Crippen MR) is 285 cm³/mol. The largest absolute Gasteiger partial charge is 0.397 e. The van der Waals surface area contributed by atoms with E-state index >= 15 is 0 Å². The van der Waals surface area contributed by atoms with E-state index in [1.165, 1.54) is 19.4 Å². The molecule has 35 atom stereocenters. The first-order valence-electron chi connectivity index (χ1n) is 30.1. The normalized spacial score (nSPS) is 53.2. The first-order valence-corrected chi connectivity index (χ1v) is 31.5. The molecule has 10 aliphatic rings. The first-order chi connectivity index (χ1) is 39.8. The van der Waals surface area contributed by atoms with Crippen molar-refractivity contribution in [1.82, 2.24) is 0 Å². The van der Waals surface area contributed by atoms with Gasteiger partial charge in [0.2, 0.25) is 0 Å². The second-order valence-electron chi connectivity index (χ2n) is 26.9. The van der Waals surface area contributed by atoms with Gasteiger partial charge in [-0.1, -0.05) is 46.3 Å². The van der Waals surface area contributed by atoms with Gasteiger partial charge in [0.15, 0.2) is 31.5 Å². The van der Waals surface area contributed by atoms with Crippen molar-refractivity contribution in [3.63, 3.8) is 0 Å². The van der Waals surface area contributed by atoms with Gasteiger partial charge in [-0.05, 0) is 112 Å². The number of ether oxygens (including phenoxy) is 11. The Balaban J connectivity index is 0.911. The average molecular weight is 1250 g/mol. The molecule has 10 rings (SSSR count). The Morgan fingerprint density at radius 2 is 1.25 bits per heavy atom. The van der Waals surface area contributed by atoms with Gasteiger partial charge in [0.1, 0.15) is 104 Å². The van der Waals surface area contributed by atoms with Crippen LogP contribution in [-0.2, 0) is 66.7 Å². The summed E-state index contributed by atoms with van der Waals surface area (Å²) in [7, 11) is -4.87. The van der Waals surface area contributed by atoms with Crippen molar-refractivity contribution in [3.8, 4) is 0 Å². The lowest BCUT2D eigenvalue weighted by molar-refractivity contribution is -0.397. The molecular formula is C56H92O28S. The molecule has 0 bridgehead atoms. The van der Waals surface area contributed by atoms with Crippen LogP contribution in [0.5, 0.6) is 0 Å². The summed E-state index contributed by atoms with van der Waals surface area (Å²) >= 11 is 0. The molecule has 0 aromatic heterocycles. The lowest BCUT2D eigenvalue weighted by atomic mass is 9.47. The number of allylic oxidation sites excluding steroid dienone is 2. The maximum Gasteiger partial charge on any atom is 0.397 e. The smallest absolute Gasteiger partial charge is 0.394 e. The summed E-state index contributed by atoms with van der Waals surface area (Å²) in [4.78, 5) is 0. The van der Waals surface area contributed by atoms with Crippen LogP contribution in [0.3, 0.4) is 0 Å². The molecule has 0 spiro atoms. The third kappa shape index (κ3) is 12.6. The van der Waals surface area contributed by atoms with Gasteiger partial charge in [0, 0.05) is 0 Å². The number of aliphatic hydroxyl groups excluding tert-OH is 12. The van der Waals surface area contributed by atoms with Gasteiger partial charge in [-0.25, -0.2) is 4.18 Å². The monoisotopic (exact) mass is 1240 g/mol. The molecule has 0 radical (unpaired) electrons. The first kappa shape index (κ1) is 66.6. The van der Waals surface area contributed by atoms with Crippen LogP contribution in [-0.4, -0.2) is 271 Å². The Morgan fingerprint density at radius 1 is 0.635 bits per heavy atom. The number of aliphatic hydroxyl groups is 13. The Bertz CT molecular complexity index is 2430. The summed E-state index contributed by atoms with van der Waals surface area (Å²) in [6, 6.07) is 0. The van der Waals surface area contributed by atoms with Crippen molar-refractivity contribution >= 4 is 10.4 Å². The zero-order chi connectivity index (χ0) is 61.9. The van der Waals surface area contributed by atoms with Gasteiger partial charge in [0.25, 0.3) is 0 Å². The minimum Gasteiger partial charge on any atom is -0.394 e. The lowest BCUT2D eigenvalue weighted by Crippen LogP contribution is -2.67. The lowest BCUT2D eigenvalue weighted by Gasteiger charge is -2.60. The Hall–Kier alpha value is -1.35. The molecule has 0 amide bonds. The topological polar surface area (TPSA) is 431 Å². The molecule has 0 aromatic rings. The summed E-state index contributed by atoms with van der Waals surface area (Å²) in [5.41, 5.74) is -0.928. The molecule has 3 saturated carbocycles. The van der Waals surface area contributed by atoms with Crippen LogP contribution in [0.15, 0.2) is 11.6 Å². The minimum absolute atomic E-state index is 0.0608. The zero-order valence-electron chi connectivity index (χ0n) is 49.1. The Labute approximate surface area is 494 Å². The van der Waals surface area contributed by atoms with Gasteiger partial charge in [0.05, 0.1) is 55.9 Å². The van der Waals surface area contributed by atoms with Crippen molar-refractivity contribution in [3.05, 3.63) is 11.6 Å². The second-order valence-corrected chi connectivity index (χ2v) is 28.0. The van der Waals surface area contributed by atoms with Crippen LogP contribution in [0, 0.1) is 46.3 Å². The van der Waals surface area contributed by atoms with Crippen LogP contribution < -0.4 is 0 Å². The third-order valence-electron chi connectivity index (χ3n) is 21.4. The standard InChI is InChI=1S/C56H92O28S/c1-20(2)21(3)44-48(80-44)56(8,69)33-10-9-26-25-16-30(28-15-24(84-85(70,71)72)11-13-54(28,6)27(25)12-14-55(26,33)7)77-51-43(68)45(35(60)23(5)76-51)81-52-46(83-50-42(67)39(64)34(59)22(4)75-50)38(63)32(19-74-52)79-53-47(40(65)37(62)31(17-57)78-53)82-49-41(66)36(61)29(58)18-73-49/h12,20-26,28-53,57-69H,9-11,13-19H2,1-8H3,(H,70,71,72). The molecule has 85 heavy (non-hydrogen) atoms. The maximum atomic E-state index is 12.5. The van der Waals surface area contributed by atoms with Gasteiger partial charge < -0.3 is 118 Å². The summed E-state index contributed by atoms with van der Waals surface area (Å²) < 4.78 is 107. The minimum atomic E-state index is -4.87. The zero-order valence-corrected chi connectivity index (χ0v) is 49.9. The Morgan fingerprint density at radius 3 is 1.92 bits per heavy atom. The Kier molecular flexibility index (Phi) is 19.8. The number of rotatable bonds is 17. The molecule has 0 aromatic carbocycles. The number of hydrogen-bond donors (Lipinski definition) is 14.